The molecule has 2 rings (SSSR count). The van der Waals surface area contributed by atoms with E-state index in [1.807, 2.05) is 18.2 Å². The third-order valence-corrected chi connectivity index (χ3v) is 3.45. The quantitative estimate of drug-likeness (QED) is 0.821. The van der Waals surface area contributed by atoms with Gasteiger partial charge in [-0.2, -0.15) is 10.3 Å². The number of nitrogens with zero attached hydrogens (tertiary/aromatic N) is 2. The largest absolute Gasteiger partial charge is 0.351 e. The molecule has 18 heavy (non-hydrogen) atoms. The van der Waals surface area contributed by atoms with Gasteiger partial charge in [0, 0.05) is 11.6 Å². The molecule has 2 aromatic rings. The van der Waals surface area contributed by atoms with Gasteiger partial charge >= 0.3 is 0 Å². The van der Waals surface area contributed by atoms with Crippen LogP contribution < -0.4 is 5.32 Å². The molecule has 0 aliphatic heterocycles. The first kappa shape index (κ1) is 12.9. The molecule has 1 heterocycles. The zero-order valence-electron chi connectivity index (χ0n) is 9.39. The first-order valence-corrected chi connectivity index (χ1v) is 6.61. The van der Waals surface area contributed by atoms with Crippen LogP contribution >= 0.6 is 23.4 Å². The standard InChI is InChI=1S/C11H11ClN4OS/c12-9-4-2-1-3-8(9)5-13-10(17)7-18-11-6-14-16-15-11/h1-4,6H,5,7H2,(H,13,17)(H,14,15,16). The lowest BCUT2D eigenvalue weighted by Gasteiger charge is -2.05. The van der Waals surface area contributed by atoms with Crippen molar-refractivity contribution in [2.24, 2.45) is 0 Å². The number of carbonyl (C=O) groups is 1. The molecule has 0 unspecified atom stereocenters. The SMILES string of the molecule is O=C(CSc1cn[nH]n1)NCc1ccccc1Cl. The number of hydrogen-bond acceptors (Lipinski definition) is 4. The number of H-pyrrole nitrogens is 1. The molecule has 0 atom stereocenters. The van der Waals surface area contributed by atoms with Crippen LogP contribution in [0.2, 0.25) is 5.02 Å². The zero-order chi connectivity index (χ0) is 12.8. The van der Waals surface area contributed by atoms with Gasteiger partial charge in [-0.25, -0.2) is 0 Å². The number of thioether (sulfide) groups is 1. The molecule has 94 valence electrons. The molecule has 0 fully saturated rings. The van der Waals surface area contributed by atoms with Crippen LogP contribution in [0, 0.1) is 0 Å². The maximum atomic E-state index is 11.6. The Morgan fingerprint density at radius 1 is 1.44 bits per heavy atom. The minimum atomic E-state index is -0.0667. The maximum Gasteiger partial charge on any atom is 0.230 e. The second-order valence-electron chi connectivity index (χ2n) is 3.47. The third-order valence-electron chi connectivity index (χ3n) is 2.18. The van der Waals surface area contributed by atoms with Crippen molar-refractivity contribution in [3.8, 4) is 0 Å². The van der Waals surface area contributed by atoms with Crippen LogP contribution in [0.15, 0.2) is 35.5 Å². The Hall–Kier alpha value is -1.53. The summed E-state index contributed by atoms with van der Waals surface area (Å²) in [6.45, 7) is 0.428. The molecule has 7 heteroatoms. The number of rotatable bonds is 5. The van der Waals surface area contributed by atoms with Crippen LogP contribution in [0.3, 0.4) is 0 Å². The average molecular weight is 283 g/mol. The Bertz CT molecular complexity index is 518. The van der Waals surface area contributed by atoms with Crippen molar-refractivity contribution in [2.75, 3.05) is 5.75 Å². The van der Waals surface area contributed by atoms with E-state index in [2.05, 4.69) is 20.7 Å². The summed E-state index contributed by atoms with van der Waals surface area (Å²) in [5, 5.41) is 14.1. The fourth-order valence-electron chi connectivity index (χ4n) is 1.29. The lowest BCUT2D eigenvalue weighted by atomic mass is 10.2. The molecule has 0 radical (unpaired) electrons. The highest BCUT2D eigenvalue weighted by atomic mass is 35.5. The van der Waals surface area contributed by atoms with Gasteiger partial charge in [-0.3, -0.25) is 4.79 Å². The highest BCUT2D eigenvalue weighted by Gasteiger charge is 2.05. The van der Waals surface area contributed by atoms with Crippen molar-refractivity contribution < 1.29 is 4.79 Å². The van der Waals surface area contributed by atoms with Gasteiger partial charge < -0.3 is 5.32 Å². The Labute approximate surface area is 113 Å². The lowest BCUT2D eigenvalue weighted by molar-refractivity contribution is -0.118. The van der Waals surface area contributed by atoms with Crippen LogP contribution in [-0.4, -0.2) is 27.1 Å². The summed E-state index contributed by atoms with van der Waals surface area (Å²) < 4.78 is 0. The Morgan fingerprint density at radius 2 is 2.28 bits per heavy atom. The van der Waals surface area contributed by atoms with Crippen LogP contribution in [0.4, 0.5) is 0 Å². The smallest absolute Gasteiger partial charge is 0.230 e. The van der Waals surface area contributed by atoms with Crippen molar-refractivity contribution in [3.63, 3.8) is 0 Å². The summed E-state index contributed by atoms with van der Waals surface area (Å²) in [4.78, 5) is 11.6. The van der Waals surface area contributed by atoms with Gasteiger partial charge in [-0.15, -0.1) is 5.10 Å². The predicted octanol–water partition coefficient (Wildman–Crippen LogP) is 1.87. The first-order chi connectivity index (χ1) is 8.75. The second kappa shape index (κ2) is 6.42. The number of nitrogens with one attached hydrogen (secondary N) is 2. The summed E-state index contributed by atoms with van der Waals surface area (Å²) >= 11 is 7.31. The van der Waals surface area contributed by atoms with E-state index in [4.69, 9.17) is 11.6 Å². The molecule has 0 bridgehead atoms. The summed E-state index contributed by atoms with van der Waals surface area (Å²) in [5.74, 6) is 0.236. The molecule has 0 aliphatic rings. The highest BCUT2D eigenvalue weighted by Crippen LogP contribution is 2.15. The number of benzene rings is 1. The second-order valence-corrected chi connectivity index (χ2v) is 4.87. The number of aromatic nitrogens is 3. The monoisotopic (exact) mass is 282 g/mol. The molecule has 1 aromatic carbocycles. The summed E-state index contributed by atoms with van der Waals surface area (Å²) in [7, 11) is 0. The summed E-state index contributed by atoms with van der Waals surface area (Å²) in [6.07, 6.45) is 1.58. The molecular formula is C11H11ClN4OS. The normalized spacial score (nSPS) is 10.3. The van der Waals surface area contributed by atoms with Crippen LogP contribution in [0.5, 0.6) is 0 Å². The van der Waals surface area contributed by atoms with Crippen LogP contribution in [-0.2, 0) is 11.3 Å². The number of halogens is 1. The minimum absolute atomic E-state index is 0.0667. The van der Waals surface area contributed by atoms with Gasteiger partial charge in [0.25, 0.3) is 0 Å². The van der Waals surface area contributed by atoms with Gasteiger partial charge in [-0.05, 0) is 11.6 Å². The van der Waals surface area contributed by atoms with Crippen molar-refractivity contribution in [3.05, 3.63) is 41.0 Å². The van der Waals surface area contributed by atoms with E-state index in [0.29, 0.717) is 22.3 Å². The molecule has 0 saturated heterocycles. The van der Waals surface area contributed by atoms with Crippen LogP contribution in [0.1, 0.15) is 5.56 Å². The minimum Gasteiger partial charge on any atom is -0.351 e. The van der Waals surface area contributed by atoms with E-state index in [1.165, 1.54) is 11.8 Å². The maximum absolute atomic E-state index is 11.6. The Kier molecular flexibility index (Phi) is 4.60. The average Bonchev–Trinajstić information content (AvgIpc) is 2.88. The Morgan fingerprint density at radius 3 is 3.00 bits per heavy atom. The van der Waals surface area contributed by atoms with E-state index in [1.54, 1.807) is 12.3 Å². The van der Waals surface area contributed by atoms with Crippen molar-refractivity contribution in [1.29, 1.82) is 0 Å². The van der Waals surface area contributed by atoms with Gasteiger partial charge in [0.2, 0.25) is 5.91 Å². The van der Waals surface area contributed by atoms with Gasteiger partial charge in [0.05, 0.1) is 11.9 Å². The third kappa shape index (κ3) is 3.75. The molecule has 1 amide bonds. The highest BCUT2D eigenvalue weighted by molar-refractivity contribution is 7.99. The lowest BCUT2D eigenvalue weighted by Crippen LogP contribution is -2.24. The van der Waals surface area contributed by atoms with Crippen molar-refractivity contribution in [2.45, 2.75) is 11.6 Å². The molecule has 0 saturated carbocycles. The molecular weight excluding hydrogens is 272 g/mol. The van der Waals surface area contributed by atoms with E-state index in [-0.39, 0.29) is 5.91 Å². The fraction of sp³-hybridized carbons (Fsp3) is 0.182. The molecule has 2 N–H and O–H groups in total. The number of carbonyl (C=O) groups excluding carboxylic acids is 1. The number of aromatic amines is 1. The van der Waals surface area contributed by atoms with Crippen LogP contribution in [0.25, 0.3) is 0 Å². The summed E-state index contributed by atoms with van der Waals surface area (Å²) in [6, 6.07) is 7.42. The van der Waals surface area contributed by atoms with Gasteiger partial charge in [0.1, 0.15) is 5.03 Å². The zero-order valence-corrected chi connectivity index (χ0v) is 11.0. The van der Waals surface area contributed by atoms with Crippen molar-refractivity contribution in [1.82, 2.24) is 20.7 Å². The molecule has 1 aromatic heterocycles. The predicted molar refractivity (Wildman–Crippen MR) is 70.4 cm³/mol. The fourth-order valence-corrected chi connectivity index (χ4v) is 2.10. The van der Waals surface area contributed by atoms with E-state index in [9.17, 15) is 4.79 Å². The van der Waals surface area contributed by atoms with Gasteiger partial charge in [0.15, 0.2) is 0 Å². The molecule has 0 spiro atoms. The molecule has 0 aliphatic carbocycles. The first-order valence-electron chi connectivity index (χ1n) is 5.24. The summed E-state index contributed by atoms with van der Waals surface area (Å²) in [5.41, 5.74) is 0.902. The molecule has 5 nitrogen and oxygen atoms in total. The van der Waals surface area contributed by atoms with E-state index in [0.717, 1.165) is 5.56 Å². The van der Waals surface area contributed by atoms with Gasteiger partial charge in [-0.1, -0.05) is 41.6 Å². The number of amides is 1. The van der Waals surface area contributed by atoms with Crippen molar-refractivity contribution >= 4 is 29.3 Å². The topological polar surface area (TPSA) is 70.7 Å². The Balaban J connectivity index is 1.77. The number of hydrogen-bond donors (Lipinski definition) is 2. The van der Waals surface area contributed by atoms with E-state index < -0.39 is 0 Å². The van der Waals surface area contributed by atoms with E-state index >= 15 is 0 Å².